The molecule has 0 aromatic rings. The van der Waals surface area contributed by atoms with E-state index in [1.165, 1.54) is 77.0 Å². The molecule has 0 aromatic carbocycles. The number of carbonyl (C=O) groups is 4. The number of ether oxygens (including phenoxy) is 5. The Bertz CT molecular complexity index is 1630. The van der Waals surface area contributed by atoms with E-state index in [1.54, 1.807) is 0 Å². The Morgan fingerprint density at radius 1 is 0.453 bits per heavy atom. The number of hydrogen-bond acceptors (Lipinski definition) is 11. The van der Waals surface area contributed by atoms with E-state index in [2.05, 4.69) is 99.8 Å². The second kappa shape index (κ2) is 50.7. The monoisotopic (exact) mass is 1050 g/mol. The molecule has 0 aliphatic carbocycles. The third kappa shape index (κ3) is 40.8. The van der Waals surface area contributed by atoms with Crippen molar-refractivity contribution in [2.75, 3.05) is 13.2 Å². The van der Waals surface area contributed by atoms with Crippen molar-refractivity contribution in [2.24, 2.45) is 0 Å². The van der Waals surface area contributed by atoms with Crippen molar-refractivity contribution in [3.8, 4) is 0 Å². The van der Waals surface area contributed by atoms with Crippen LogP contribution in [-0.4, -0.2) is 89.2 Å². The summed E-state index contributed by atoms with van der Waals surface area (Å²) >= 11 is 0. The van der Waals surface area contributed by atoms with Gasteiger partial charge in [0, 0.05) is 19.3 Å². The number of unbranched alkanes of at least 4 members (excludes halogenated alkanes) is 21. The fraction of sp³-hybridized carbons (Fsp3) is 0.714. The molecule has 1 heterocycles. The van der Waals surface area contributed by atoms with Gasteiger partial charge in [0.05, 0.1) is 6.61 Å². The van der Waals surface area contributed by atoms with Crippen molar-refractivity contribution >= 4 is 23.9 Å². The molecule has 12 heteroatoms. The SMILES string of the molecule is CC/C=C\C/C=C\C/C=C\C/C=C\C/C=C\CCCC(=O)OCC(COC1OC(C(=O)O)C(O)C(O)C1OC(=O)CCCCCCC/C=C\C/C=C\CCCCC)OC(=O)CCCCCCCCCCCCCCC. The average Bonchev–Trinajstić information content (AvgIpc) is 3.39. The molecule has 0 saturated carbocycles. The van der Waals surface area contributed by atoms with Gasteiger partial charge in [-0.1, -0.05) is 215 Å². The van der Waals surface area contributed by atoms with Gasteiger partial charge in [-0.25, -0.2) is 4.79 Å². The molecule has 12 nitrogen and oxygen atoms in total. The van der Waals surface area contributed by atoms with Crippen molar-refractivity contribution in [3.63, 3.8) is 0 Å². The first kappa shape index (κ1) is 68.9. The van der Waals surface area contributed by atoms with E-state index in [4.69, 9.17) is 23.7 Å². The number of rotatable bonds is 49. The number of carboxylic acids is 1. The lowest BCUT2D eigenvalue weighted by Crippen LogP contribution is -2.61. The zero-order chi connectivity index (χ0) is 54.7. The van der Waals surface area contributed by atoms with Crippen LogP contribution < -0.4 is 0 Å². The molecule has 0 aromatic heterocycles. The largest absolute Gasteiger partial charge is 0.479 e. The van der Waals surface area contributed by atoms with Crippen LogP contribution >= 0.6 is 0 Å². The van der Waals surface area contributed by atoms with E-state index in [9.17, 15) is 34.5 Å². The molecule has 1 aliphatic heterocycles. The van der Waals surface area contributed by atoms with Crippen LogP contribution in [0, 0.1) is 0 Å². The van der Waals surface area contributed by atoms with E-state index in [0.29, 0.717) is 25.7 Å². The molecule has 1 fully saturated rings. The van der Waals surface area contributed by atoms with Crippen molar-refractivity contribution in [1.82, 2.24) is 0 Å². The highest BCUT2D eigenvalue weighted by atomic mass is 16.7. The van der Waals surface area contributed by atoms with Gasteiger partial charge < -0.3 is 39.0 Å². The van der Waals surface area contributed by atoms with Crippen LogP contribution in [0.5, 0.6) is 0 Å². The zero-order valence-corrected chi connectivity index (χ0v) is 47.0. The van der Waals surface area contributed by atoms with Gasteiger partial charge in [-0.3, -0.25) is 14.4 Å². The van der Waals surface area contributed by atoms with Crippen molar-refractivity contribution in [1.29, 1.82) is 0 Å². The topological polar surface area (TPSA) is 175 Å². The molecule has 1 saturated heterocycles. The summed E-state index contributed by atoms with van der Waals surface area (Å²) in [6.45, 7) is 5.79. The van der Waals surface area contributed by atoms with Gasteiger partial charge in [0.15, 0.2) is 24.6 Å². The maximum Gasteiger partial charge on any atom is 0.335 e. The van der Waals surface area contributed by atoms with Gasteiger partial charge in [0.1, 0.15) is 18.8 Å². The Morgan fingerprint density at radius 2 is 0.853 bits per heavy atom. The molecule has 1 aliphatic rings. The molecule has 1 rings (SSSR count). The molecule has 75 heavy (non-hydrogen) atoms. The normalized spacial score (nSPS) is 18.8. The van der Waals surface area contributed by atoms with Gasteiger partial charge in [0.25, 0.3) is 0 Å². The first-order valence-corrected chi connectivity index (χ1v) is 29.6. The molecule has 0 bridgehead atoms. The summed E-state index contributed by atoms with van der Waals surface area (Å²) in [6, 6.07) is 0. The van der Waals surface area contributed by atoms with Crippen LogP contribution in [0.25, 0.3) is 0 Å². The Labute approximate surface area is 454 Å². The summed E-state index contributed by atoms with van der Waals surface area (Å²) < 4.78 is 28.4. The van der Waals surface area contributed by atoms with Gasteiger partial charge >= 0.3 is 23.9 Å². The van der Waals surface area contributed by atoms with Crippen molar-refractivity contribution < 1.29 is 58.2 Å². The number of esters is 3. The number of aliphatic hydroxyl groups excluding tert-OH is 2. The predicted octanol–water partition coefficient (Wildman–Crippen LogP) is 15.1. The van der Waals surface area contributed by atoms with Crippen LogP contribution in [0.3, 0.4) is 0 Å². The fourth-order valence-corrected chi connectivity index (χ4v) is 8.43. The number of carbonyl (C=O) groups excluding carboxylic acids is 3. The lowest BCUT2D eigenvalue weighted by atomic mass is 9.98. The minimum Gasteiger partial charge on any atom is -0.479 e. The van der Waals surface area contributed by atoms with Crippen molar-refractivity contribution in [2.45, 2.75) is 276 Å². The number of carboxylic acid groups (broad SMARTS) is 1. The summed E-state index contributed by atoms with van der Waals surface area (Å²) in [5.41, 5.74) is 0. The second-order valence-corrected chi connectivity index (χ2v) is 19.9. The van der Waals surface area contributed by atoms with E-state index < -0.39 is 67.3 Å². The van der Waals surface area contributed by atoms with Crippen LogP contribution in [0.2, 0.25) is 0 Å². The van der Waals surface area contributed by atoms with E-state index in [0.717, 1.165) is 96.3 Å². The van der Waals surface area contributed by atoms with Gasteiger partial charge in [-0.05, 0) is 89.9 Å². The Morgan fingerprint density at radius 3 is 1.35 bits per heavy atom. The van der Waals surface area contributed by atoms with Gasteiger partial charge in [0.2, 0.25) is 0 Å². The fourth-order valence-electron chi connectivity index (χ4n) is 8.43. The third-order valence-electron chi connectivity index (χ3n) is 13.0. The standard InChI is InChI=1S/C63H104O12/c1-4-7-10-13-16-19-22-25-27-28-30-32-34-37-40-43-46-49-55(64)71-52-54(73-56(65)50-47-44-41-38-35-31-24-21-18-15-12-9-6-3)53-72-63-61(59(68)58(67)60(75-63)62(69)70)74-57(66)51-48-45-42-39-36-33-29-26-23-20-17-14-11-8-5-2/h7,10,16-17,19-20,25-27,29-30,32,37,40,54,58-61,63,67-68H,4-6,8-9,11-15,18,21-24,28,31,33-36,38-39,41-53H2,1-3H3,(H,69,70)/b10-7-,19-16-,20-17-,27-25-,29-26-,32-30-,40-37-. The maximum absolute atomic E-state index is 13.1. The van der Waals surface area contributed by atoms with Crippen LogP contribution in [-0.2, 0) is 42.9 Å². The van der Waals surface area contributed by atoms with Crippen LogP contribution in [0.15, 0.2) is 85.1 Å². The van der Waals surface area contributed by atoms with E-state index in [-0.39, 0.29) is 25.9 Å². The minimum absolute atomic E-state index is 0.0371. The molecule has 6 atom stereocenters. The summed E-state index contributed by atoms with van der Waals surface area (Å²) in [4.78, 5) is 51.1. The Kier molecular flexibility index (Phi) is 46.6. The lowest BCUT2D eigenvalue weighted by Gasteiger charge is -2.40. The highest BCUT2D eigenvalue weighted by Crippen LogP contribution is 2.26. The number of aliphatic carboxylic acids is 1. The van der Waals surface area contributed by atoms with Crippen LogP contribution in [0.4, 0.5) is 0 Å². The molecule has 428 valence electrons. The molecular weight excluding hydrogens is 949 g/mol. The minimum atomic E-state index is -1.92. The van der Waals surface area contributed by atoms with Gasteiger partial charge in [-0.15, -0.1) is 0 Å². The molecule has 0 radical (unpaired) electrons. The maximum atomic E-state index is 13.1. The number of hydrogen-bond donors (Lipinski definition) is 3. The zero-order valence-electron chi connectivity index (χ0n) is 47.0. The predicted molar refractivity (Wildman–Crippen MR) is 303 cm³/mol. The molecule has 6 unspecified atom stereocenters. The molecular formula is C63H104O12. The van der Waals surface area contributed by atoms with E-state index in [1.807, 2.05) is 6.08 Å². The average molecular weight is 1050 g/mol. The summed E-state index contributed by atoms with van der Waals surface area (Å²) in [6.07, 6.45) is 52.7. The van der Waals surface area contributed by atoms with E-state index >= 15 is 0 Å². The quantitative estimate of drug-likeness (QED) is 0.0228. The highest BCUT2D eigenvalue weighted by molar-refractivity contribution is 5.74. The Hall–Kier alpha value is -4.10. The Balaban J connectivity index is 2.74. The number of allylic oxidation sites excluding steroid dienone is 14. The summed E-state index contributed by atoms with van der Waals surface area (Å²) in [5, 5.41) is 31.5. The summed E-state index contributed by atoms with van der Waals surface area (Å²) in [5.74, 6) is -3.21. The van der Waals surface area contributed by atoms with Crippen LogP contribution in [0.1, 0.15) is 239 Å². The highest BCUT2D eigenvalue weighted by Gasteiger charge is 2.50. The molecule has 0 amide bonds. The lowest BCUT2D eigenvalue weighted by molar-refractivity contribution is -0.301. The summed E-state index contributed by atoms with van der Waals surface area (Å²) in [7, 11) is 0. The molecule has 3 N–H and O–H groups in total. The number of aliphatic hydroxyl groups is 2. The second-order valence-electron chi connectivity index (χ2n) is 19.9. The smallest absolute Gasteiger partial charge is 0.335 e. The molecule has 0 spiro atoms. The van der Waals surface area contributed by atoms with Crippen molar-refractivity contribution in [3.05, 3.63) is 85.1 Å². The first-order chi connectivity index (χ1) is 36.6. The first-order valence-electron chi connectivity index (χ1n) is 29.6. The van der Waals surface area contributed by atoms with Gasteiger partial charge in [-0.2, -0.15) is 0 Å². The third-order valence-corrected chi connectivity index (χ3v) is 13.0.